The molecule has 0 spiro atoms. The second kappa shape index (κ2) is 9.06. The van der Waals surface area contributed by atoms with E-state index in [9.17, 15) is 9.59 Å². The van der Waals surface area contributed by atoms with E-state index in [1.807, 2.05) is 0 Å². The maximum absolute atomic E-state index is 12.2. The van der Waals surface area contributed by atoms with Gasteiger partial charge >= 0.3 is 5.97 Å². The molecule has 2 aromatic rings. The molecule has 0 aromatic heterocycles. The highest BCUT2D eigenvalue weighted by molar-refractivity contribution is 6.31. The van der Waals surface area contributed by atoms with Crippen LogP contribution in [0.5, 0.6) is 5.75 Å². The zero-order valence-corrected chi connectivity index (χ0v) is 15.5. The van der Waals surface area contributed by atoms with E-state index in [2.05, 4.69) is 5.32 Å². The van der Waals surface area contributed by atoms with E-state index in [1.165, 1.54) is 13.0 Å². The molecule has 136 valence electrons. The van der Waals surface area contributed by atoms with Gasteiger partial charge in [0.2, 0.25) is 0 Å². The van der Waals surface area contributed by atoms with Crippen molar-refractivity contribution < 1.29 is 19.1 Å². The molecule has 0 fully saturated rings. The topological polar surface area (TPSA) is 64.6 Å². The number of rotatable bonds is 6. The zero-order valence-electron chi connectivity index (χ0n) is 14.8. The molecule has 0 bridgehead atoms. The van der Waals surface area contributed by atoms with Gasteiger partial charge in [-0.2, -0.15) is 0 Å². The van der Waals surface area contributed by atoms with Crippen LogP contribution >= 0.6 is 11.6 Å². The first-order valence-electron chi connectivity index (χ1n) is 7.99. The first kappa shape index (κ1) is 19.5. The number of carbonyl (C=O) groups is 2. The molecule has 0 aliphatic carbocycles. The summed E-state index contributed by atoms with van der Waals surface area (Å²) in [5, 5.41) is 3.25. The molecule has 0 heterocycles. The Bertz CT molecular complexity index is 815. The Hall–Kier alpha value is -2.79. The Morgan fingerprint density at radius 2 is 1.85 bits per heavy atom. The van der Waals surface area contributed by atoms with Gasteiger partial charge in [-0.05, 0) is 55.3 Å². The van der Waals surface area contributed by atoms with Crippen LogP contribution in [0.3, 0.4) is 0 Å². The minimum absolute atomic E-state index is 0.429. The lowest BCUT2D eigenvalue weighted by Gasteiger charge is -2.14. The summed E-state index contributed by atoms with van der Waals surface area (Å²) in [6.45, 7) is 3.31. The van der Waals surface area contributed by atoms with E-state index in [0.29, 0.717) is 10.7 Å². The van der Waals surface area contributed by atoms with Gasteiger partial charge in [0, 0.05) is 16.8 Å². The molecule has 0 aliphatic rings. The van der Waals surface area contributed by atoms with Crippen molar-refractivity contribution in [2.24, 2.45) is 0 Å². The Balaban J connectivity index is 1.91. The maximum atomic E-state index is 12.2. The summed E-state index contributed by atoms with van der Waals surface area (Å²) in [6.07, 6.45) is 1.94. The van der Waals surface area contributed by atoms with Crippen LogP contribution in [0.15, 0.2) is 48.5 Å². The molecule has 1 N–H and O–H groups in total. The second-order valence-electron chi connectivity index (χ2n) is 5.59. The normalized spacial score (nSPS) is 11.8. The number of carbonyl (C=O) groups excluding carboxylic acids is 2. The number of esters is 1. The first-order chi connectivity index (χ1) is 12.4. The number of halogens is 1. The molecule has 2 rings (SSSR count). The number of benzene rings is 2. The number of hydrogen-bond donors (Lipinski definition) is 1. The minimum Gasteiger partial charge on any atom is -0.497 e. The Morgan fingerprint density at radius 1 is 1.15 bits per heavy atom. The van der Waals surface area contributed by atoms with Crippen LogP contribution in [0.4, 0.5) is 5.69 Å². The summed E-state index contributed by atoms with van der Waals surface area (Å²) in [6, 6.07) is 12.4. The molecule has 1 atom stereocenters. The number of methoxy groups -OCH3 is 1. The smallest absolute Gasteiger partial charge is 0.331 e. The van der Waals surface area contributed by atoms with Crippen LogP contribution < -0.4 is 10.1 Å². The summed E-state index contributed by atoms with van der Waals surface area (Å²) in [7, 11) is 1.58. The highest BCUT2D eigenvalue weighted by atomic mass is 35.5. The standard InChI is InChI=1S/C20H20ClNO4/c1-13-17(21)5-4-6-18(13)22-20(24)14(2)26-19(23)12-9-15-7-10-16(25-3)11-8-15/h4-12,14H,1-3H3,(H,22,24)/b12-9+/t14-/m0/s1. The molecule has 2 aromatic carbocycles. The SMILES string of the molecule is COc1ccc(/C=C/C(=O)O[C@@H](C)C(=O)Nc2cccc(Cl)c2C)cc1. The fourth-order valence-corrected chi connectivity index (χ4v) is 2.30. The monoisotopic (exact) mass is 373 g/mol. The molecule has 0 aliphatic heterocycles. The van der Waals surface area contributed by atoms with Crippen molar-refractivity contribution in [3.8, 4) is 5.75 Å². The number of amides is 1. The third-order valence-electron chi connectivity index (χ3n) is 3.72. The average molecular weight is 374 g/mol. The lowest BCUT2D eigenvalue weighted by molar-refractivity contribution is -0.148. The highest BCUT2D eigenvalue weighted by Crippen LogP contribution is 2.23. The van der Waals surface area contributed by atoms with Crippen molar-refractivity contribution in [2.75, 3.05) is 12.4 Å². The van der Waals surface area contributed by atoms with Gasteiger partial charge in [0.15, 0.2) is 6.10 Å². The van der Waals surface area contributed by atoms with Gasteiger partial charge in [0.05, 0.1) is 7.11 Å². The summed E-state index contributed by atoms with van der Waals surface area (Å²) < 4.78 is 10.2. The van der Waals surface area contributed by atoms with Crippen molar-refractivity contribution in [1.29, 1.82) is 0 Å². The average Bonchev–Trinajstić information content (AvgIpc) is 2.64. The molecule has 0 radical (unpaired) electrons. The fraction of sp³-hybridized carbons (Fsp3) is 0.200. The van der Waals surface area contributed by atoms with Gasteiger partial charge in [0.25, 0.3) is 5.91 Å². The molecule has 0 unspecified atom stereocenters. The molecule has 0 saturated heterocycles. The lowest BCUT2D eigenvalue weighted by Crippen LogP contribution is -2.29. The zero-order chi connectivity index (χ0) is 19.1. The molecular weight excluding hydrogens is 354 g/mol. The van der Waals surface area contributed by atoms with Crippen molar-refractivity contribution in [1.82, 2.24) is 0 Å². The van der Waals surface area contributed by atoms with E-state index >= 15 is 0 Å². The minimum atomic E-state index is -0.943. The molecular formula is C20H20ClNO4. The van der Waals surface area contributed by atoms with Gasteiger partial charge in [0.1, 0.15) is 5.75 Å². The van der Waals surface area contributed by atoms with Crippen molar-refractivity contribution in [2.45, 2.75) is 20.0 Å². The number of ether oxygens (including phenoxy) is 2. The van der Waals surface area contributed by atoms with E-state index in [4.69, 9.17) is 21.1 Å². The lowest BCUT2D eigenvalue weighted by atomic mass is 10.2. The van der Waals surface area contributed by atoms with Crippen molar-refractivity contribution in [3.63, 3.8) is 0 Å². The quantitative estimate of drug-likeness (QED) is 0.607. The van der Waals surface area contributed by atoms with Gasteiger partial charge in [-0.25, -0.2) is 4.79 Å². The first-order valence-corrected chi connectivity index (χ1v) is 8.37. The van der Waals surface area contributed by atoms with E-state index in [1.54, 1.807) is 62.6 Å². The predicted octanol–water partition coefficient (Wildman–Crippen LogP) is 4.24. The van der Waals surface area contributed by atoms with Crippen LogP contribution in [0.2, 0.25) is 5.02 Å². The second-order valence-corrected chi connectivity index (χ2v) is 5.99. The highest BCUT2D eigenvalue weighted by Gasteiger charge is 2.17. The van der Waals surface area contributed by atoms with Gasteiger partial charge < -0.3 is 14.8 Å². The number of hydrogen-bond acceptors (Lipinski definition) is 4. The van der Waals surface area contributed by atoms with E-state index in [-0.39, 0.29) is 0 Å². The van der Waals surface area contributed by atoms with Crippen LogP contribution in [0, 0.1) is 6.92 Å². The summed E-state index contributed by atoms with van der Waals surface area (Å²) in [5.41, 5.74) is 2.15. The summed E-state index contributed by atoms with van der Waals surface area (Å²) in [4.78, 5) is 24.1. The predicted molar refractivity (Wildman–Crippen MR) is 102 cm³/mol. The van der Waals surface area contributed by atoms with E-state index < -0.39 is 18.0 Å². The van der Waals surface area contributed by atoms with Gasteiger partial charge in [-0.3, -0.25) is 4.79 Å². The van der Waals surface area contributed by atoms with Gasteiger partial charge in [-0.15, -0.1) is 0 Å². The summed E-state index contributed by atoms with van der Waals surface area (Å²) >= 11 is 6.03. The summed E-state index contributed by atoms with van der Waals surface area (Å²) in [5.74, 6) is -0.306. The maximum Gasteiger partial charge on any atom is 0.331 e. The molecule has 6 heteroatoms. The largest absolute Gasteiger partial charge is 0.497 e. The number of anilines is 1. The molecule has 1 amide bonds. The van der Waals surface area contributed by atoms with E-state index in [0.717, 1.165) is 16.9 Å². The Labute approximate surface area is 157 Å². The van der Waals surface area contributed by atoms with Crippen LogP contribution in [0.1, 0.15) is 18.1 Å². The Morgan fingerprint density at radius 3 is 2.50 bits per heavy atom. The Kier molecular flexibility index (Phi) is 6.81. The molecule has 0 saturated carbocycles. The molecule has 26 heavy (non-hydrogen) atoms. The third kappa shape index (κ3) is 5.36. The van der Waals surface area contributed by atoms with Crippen LogP contribution in [0.25, 0.3) is 6.08 Å². The fourth-order valence-electron chi connectivity index (χ4n) is 2.12. The van der Waals surface area contributed by atoms with Crippen molar-refractivity contribution >= 4 is 35.2 Å². The van der Waals surface area contributed by atoms with Gasteiger partial charge in [-0.1, -0.05) is 29.8 Å². The van der Waals surface area contributed by atoms with Crippen LogP contribution in [-0.2, 0) is 14.3 Å². The van der Waals surface area contributed by atoms with Crippen molar-refractivity contribution in [3.05, 3.63) is 64.7 Å². The number of nitrogens with one attached hydrogen (secondary N) is 1. The van der Waals surface area contributed by atoms with Crippen LogP contribution in [-0.4, -0.2) is 25.1 Å². The third-order valence-corrected chi connectivity index (χ3v) is 4.12. The molecule has 5 nitrogen and oxygen atoms in total.